The highest BCUT2D eigenvalue weighted by atomic mass is 35.5. The molecule has 1 aliphatic carbocycles. The Morgan fingerprint density at radius 1 is 1.30 bits per heavy atom. The zero-order valence-corrected chi connectivity index (χ0v) is 11.2. The molecule has 102 valence electrons. The smallest absolute Gasteiger partial charge is 0.337 e. The molecular weight excluding hydrogens is 281 g/mol. The molecule has 1 N–H and O–H groups in total. The Bertz CT molecular complexity index is 698. The summed E-state index contributed by atoms with van der Waals surface area (Å²) in [4.78, 5) is 15.4. The Hall–Kier alpha value is -1.94. The summed E-state index contributed by atoms with van der Waals surface area (Å²) in [5.41, 5.74) is 1.86. The predicted molar refractivity (Wildman–Crippen MR) is 73.6 cm³/mol. The molecule has 0 spiro atoms. The molecule has 5 heteroatoms. The lowest BCUT2D eigenvalue weighted by Crippen LogP contribution is -1.98. The normalized spacial score (nSPS) is 14.3. The highest BCUT2D eigenvalue weighted by molar-refractivity contribution is 6.33. The van der Waals surface area contributed by atoms with Gasteiger partial charge in [-0.2, -0.15) is 0 Å². The molecule has 3 nitrogen and oxygen atoms in total. The van der Waals surface area contributed by atoms with E-state index in [1.165, 1.54) is 24.3 Å². The largest absolute Gasteiger partial charge is 0.478 e. The number of rotatable bonds is 3. The maximum Gasteiger partial charge on any atom is 0.337 e. The van der Waals surface area contributed by atoms with E-state index in [0.29, 0.717) is 17.2 Å². The first kappa shape index (κ1) is 13.1. The van der Waals surface area contributed by atoms with Crippen LogP contribution in [0, 0.1) is 5.82 Å². The molecule has 1 aliphatic rings. The summed E-state index contributed by atoms with van der Waals surface area (Å²) in [5, 5.41) is 9.06. The molecule has 2 aromatic rings. The van der Waals surface area contributed by atoms with Gasteiger partial charge in [0.05, 0.1) is 16.3 Å². The Kier molecular flexibility index (Phi) is 3.18. The average molecular weight is 292 g/mol. The van der Waals surface area contributed by atoms with Crippen molar-refractivity contribution in [3.8, 4) is 11.3 Å². The van der Waals surface area contributed by atoms with E-state index in [0.717, 1.165) is 18.5 Å². The first-order valence-corrected chi connectivity index (χ1v) is 6.63. The van der Waals surface area contributed by atoms with E-state index in [1.807, 2.05) is 0 Å². The number of aromatic carboxylic acids is 1. The molecule has 3 rings (SSSR count). The molecule has 0 radical (unpaired) electrons. The molecule has 1 fully saturated rings. The van der Waals surface area contributed by atoms with Crippen molar-refractivity contribution in [2.24, 2.45) is 0 Å². The van der Waals surface area contributed by atoms with Gasteiger partial charge in [-0.1, -0.05) is 17.7 Å². The Balaban J connectivity index is 2.04. The van der Waals surface area contributed by atoms with Crippen molar-refractivity contribution >= 4 is 17.6 Å². The molecule has 1 heterocycles. The van der Waals surface area contributed by atoms with Gasteiger partial charge in [0.15, 0.2) is 0 Å². The van der Waals surface area contributed by atoms with E-state index in [9.17, 15) is 9.18 Å². The van der Waals surface area contributed by atoms with Gasteiger partial charge in [-0.3, -0.25) is 4.98 Å². The van der Waals surface area contributed by atoms with Gasteiger partial charge in [0.1, 0.15) is 5.82 Å². The fraction of sp³-hybridized carbons (Fsp3) is 0.200. The van der Waals surface area contributed by atoms with Crippen molar-refractivity contribution in [3.05, 3.63) is 52.4 Å². The third-order valence-electron chi connectivity index (χ3n) is 3.30. The average Bonchev–Trinajstić information content (AvgIpc) is 3.21. The molecule has 1 aromatic carbocycles. The monoisotopic (exact) mass is 291 g/mol. The molecular formula is C15H11ClFNO2. The van der Waals surface area contributed by atoms with Crippen LogP contribution in [0.1, 0.15) is 34.8 Å². The van der Waals surface area contributed by atoms with Crippen molar-refractivity contribution in [2.45, 2.75) is 18.8 Å². The van der Waals surface area contributed by atoms with E-state index < -0.39 is 5.97 Å². The third kappa shape index (κ3) is 2.51. The van der Waals surface area contributed by atoms with Crippen molar-refractivity contribution in [3.63, 3.8) is 0 Å². The summed E-state index contributed by atoms with van der Waals surface area (Å²) in [6, 6.07) is 7.28. The minimum atomic E-state index is -1.09. The maximum absolute atomic E-state index is 13.6. The van der Waals surface area contributed by atoms with Gasteiger partial charge < -0.3 is 5.11 Å². The minimum Gasteiger partial charge on any atom is -0.478 e. The number of halogens is 2. The summed E-state index contributed by atoms with van der Waals surface area (Å²) < 4.78 is 13.6. The zero-order chi connectivity index (χ0) is 14.3. The first-order chi connectivity index (χ1) is 9.54. The van der Waals surface area contributed by atoms with Crippen LogP contribution in [-0.2, 0) is 0 Å². The molecule has 0 atom stereocenters. The second kappa shape index (κ2) is 4.87. The Labute approximate surface area is 120 Å². The van der Waals surface area contributed by atoms with Crippen molar-refractivity contribution in [2.75, 3.05) is 0 Å². The van der Waals surface area contributed by atoms with Crippen molar-refractivity contribution in [1.82, 2.24) is 4.98 Å². The minimum absolute atomic E-state index is 0.0224. The number of carboxylic acid groups (broad SMARTS) is 1. The molecule has 0 amide bonds. The van der Waals surface area contributed by atoms with Gasteiger partial charge in [0.2, 0.25) is 0 Å². The van der Waals surface area contributed by atoms with E-state index in [-0.39, 0.29) is 16.4 Å². The summed E-state index contributed by atoms with van der Waals surface area (Å²) in [6.07, 6.45) is 2.07. The SMILES string of the molecule is O=C(O)c1ccc(-c2cc(F)cc(C3CC3)n2)cc1Cl. The lowest BCUT2D eigenvalue weighted by atomic mass is 10.1. The zero-order valence-electron chi connectivity index (χ0n) is 10.4. The van der Waals surface area contributed by atoms with Crippen molar-refractivity contribution in [1.29, 1.82) is 0 Å². The molecule has 0 unspecified atom stereocenters. The van der Waals surface area contributed by atoms with Crippen LogP contribution in [0.15, 0.2) is 30.3 Å². The van der Waals surface area contributed by atoms with Gasteiger partial charge in [-0.15, -0.1) is 0 Å². The molecule has 0 saturated heterocycles. The number of benzene rings is 1. The van der Waals surface area contributed by atoms with Crippen molar-refractivity contribution < 1.29 is 14.3 Å². The Morgan fingerprint density at radius 3 is 2.65 bits per heavy atom. The van der Waals surface area contributed by atoms with Crippen LogP contribution >= 0.6 is 11.6 Å². The molecule has 0 aliphatic heterocycles. The van der Waals surface area contributed by atoms with Crippen LogP contribution in [0.25, 0.3) is 11.3 Å². The Morgan fingerprint density at radius 2 is 2.05 bits per heavy atom. The topological polar surface area (TPSA) is 50.2 Å². The van der Waals surface area contributed by atoms with Gasteiger partial charge in [0.25, 0.3) is 0 Å². The number of pyridine rings is 1. The third-order valence-corrected chi connectivity index (χ3v) is 3.61. The second-order valence-electron chi connectivity index (χ2n) is 4.87. The number of aromatic nitrogens is 1. The van der Waals surface area contributed by atoms with Crippen LogP contribution in [0.3, 0.4) is 0 Å². The summed E-state index contributed by atoms with van der Waals surface area (Å²) in [6.45, 7) is 0. The molecule has 1 saturated carbocycles. The van der Waals surface area contributed by atoms with Crippen LogP contribution in [-0.4, -0.2) is 16.1 Å². The standard InChI is InChI=1S/C15H11ClFNO2/c16-12-5-9(3-4-11(12)15(19)20)14-7-10(17)6-13(18-14)8-1-2-8/h3-8H,1-2H2,(H,19,20). The van der Waals surface area contributed by atoms with Crippen LogP contribution in [0.5, 0.6) is 0 Å². The predicted octanol–water partition coefficient (Wildman–Crippen LogP) is 4.12. The number of carboxylic acids is 1. The number of hydrogen-bond acceptors (Lipinski definition) is 2. The van der Waals surface area contributed by atoms with Crippen LogP contribution in [0.2, 0.25) is 5.02 Å². The summed E-state index contributed by atoms with van der Waals surface area (Å²) in [5.74, 6) is -1.08. The van der Waals surface area contributed by atoms with Gasteiger partial charge in [-0.25, -0.2) is 9.18 Å². The molecule has 1 aromatic heterocycles. The van der Waals surface area contributed by atoms with Crippen LogP contribution in [0.4, 0.5) is 4.39 Å². The van der Waals surface area contributed by atoms with E-state index in [4.69, 9.17) is 16.7 Å². The maximum atomic E-state index is 13.6. The summed E-state index contributed by atoms with van der Waals surface area (Å²) in [7, 11) is 0. The van der Waals surface area contributed by atoms with Gasteiger partial charge in [0, 0.05) is 23.2 Å². The quantitative estimate of drug-likeness (QED) is 0.925. The van der Waals surface area contributed by atoms with E-state index in [1.54, 1.807) is 6.07 Å². The molecule has 0 bridgehead atoms. The highest BCUT2D eigenvalue weighted by Gasteiger charge is 2.26. The summed E-state index contributed by atoms with van der Waals surface area (Å²) >= 11 is 5.93. The van der Waals surface area contributed by atoms with Gasteiger partial charge in [-0.05, 0) is 31.0 Å². The highest BCUT2D eigenvalue weighted by Crippen LogP contribution is 2.40. The molecule has 20 heavy (non-hydrogen) atoms. The second-order valence-corrected chi connectivity index (χ2v) is 5.28. The van der Waals surface area contributed by atoms with Crippen LogP contribution < -0.4 is 0 Å². The fourth-order valence-electron chi connectivity index (χ4n) is 2.10. The number of hydrogen-bond donors (Lipinski definition) is 1. The number of nitrogens with zero attached hydrogens (tertiary/aromatic N) is 1. The lowest BCUT2D eigenvalue weighted by Gasteiger charge is -2.06. The fourth-order valence-corrected chi connectivity index (χ4v) is 2.36. The number of carbonyl (C=O) groups is 1. The first-order valence-electron chi connectivity index (χ1n) is 6.25. The van der Waals surface area contributed by atoms with E-state index >= 15 is 0 Å². The van der Waals surface area contributed by atoms with E-state index in [2.05, 4.69) is 4.98 Å². The van der Waals surface area contributed by atoms with Gasteiger partial charge >= 0.3 is 5.97 Å². The lowest BCUT2D eigenvalue weighted by molar-refractivity contribution is 0.0697.